The molecule has 0 aliphatic carbocycles. The monoisotopic (exact) mass is 512 g/mol. The van der Waals surface area contributed by atoms with Gasteiger partial charge >= 0.3 is 23.9 Å². The number of aliphatic hydroxyl groups is 1. The number of carboxylic acid groups (broad SMARTS) is 3. The number of hydrogen-bond acceptors (Lipinski definition) is 8. The van der Waals surface area contributed by atoms with Crippen LogP contribution in [-0.2, 0) is 28.7 Å². The molecule has 0 aliphatic rings. The van der Waals surface area contributed by atoms with E-state index in [-0.39, 0.29) is 29.8 Å². The Labute approximate surface area is 211 Å². The van der Waals surface area contributed by atoms with E-state index in [2.05, 4.69) is 42.9 Å². The molecule has 5 N–H and O–H groups in total. The van der Waals surface area contributed by atoms with Crippen LogP contribution < -0.4 is 5.32 Å². The molecule has 0 aromatic heterocycles. The van der Waals surface area contributed by atoms with Crippen molar-refractivity contribution in [2.75, 3.05) is 13.3 Å². The van der Waals surface area contributed by atoms with Gasteiger partial charge in [-0.2, -0.15) is 5.26 Å². The van der Waals surface area contributed by atoms with Crippen LogP contribution in [0.2, 0.25) is 0 Å². The van der Waals surface area contributed by atoms with E-state index >= 15 is 0 Å². The number of amides is 1. The van der Waals surface area contributed by atoms with Crippen molar-refractivity contribution in [3.63, 3.8) is 0 Å². The number of ether oxygens (including phenoxy) is 1. The van der Waals surface area contributed by atoms with Crippen LogP contribution in [-0.4, -0.2) is 63.5 Å². The summed E-state index contributed by atoms with van der Waals surface area (Å²) in [5.41, 5.74) is -0.0394. The normalized spacial score (nSPS) is 7.72. The summed E-state index contributed by atoms with van der Waals surface area (Å²) in [4.78, 5) is 49.9. The second-order valence-corrected chi connectivity index (χ2v) is 5.70. The van der Waals surface area contributed by atoms with E-state index < -0.39 is 24.3 Å². The summed E-state index contributed by atoms with van der Waals surface area (Å²) in [6.45, 7) is 19.8. The van der Waals surface area contributed by atoms with Gasteiger partial charge in [0.15, 0.2) is 0 Å². The largest absolute Gasteiger partial charge is 0.481 e. The topological polar surface area (TPSA) is 211 Å². The van der Waals surface area contributed by atoms with Crippen LogP contribution in [0.25, 0.3) is 0 Å². The van der Waals surface area contributed by atoms with E-state index in [1.807, 2.05) is 6.92 Å². The van der Waals surface area contributed by atoms with Gasteiger partial charge in [-0.1, -0.05) is 53.2 Å². The number of carbonyl (C=O) groups excluding carboxylic acids is 2. The average Bonchev–Trinajstić information content (AvgIpc) is 2.84. The molecular formula is C24H36N2O10. The molecule has 0 unspecified atom stereocenters. The molecule has 0 aromatic rings. The Kier molecular flexibility index (Phi) is 37.9. The van der Waals surface area contributed by atoms with Crippen LogP contribution in [0.1, 0.15) is 39.5 Å². The molecule has 0 bridgehead atoms. The maximum absolute atomic E-state index is 10.3. The molecule has 0 fully saturated rings. The first-order valence-electron chi connectivity index (χ1n) is 10.1. The van der Waals surface area contributed by atoms with Gasteiger partial charge in [0.25, 0.3) is 0 Å². The van der Waals surface area contributed by atoms with Gasteiger partial charge in [-0.25, -0.2) is 14.4 Å². The second kappa shape index (κ2) is 32.7. The molecule has 0 rings (SSSR count). The van der Waals surface area contributed by atoms with E-state index in [1.165, 1.54) is 12.2 Å². The van der Waals surface area contributed by atoms with Crippen LogP contribution in [0.3, 0.4) is 0 Å². The standard InChI is InChI=1S/C7H12O2.C5H6O4.C5H8O2.C4H7NO2.C3H3N/c1-3-5-6-9-7(8)4-2;1-3(5(8)9)2-4(6)7;1-3-4(2)5(6)7;1-2-4(7)5-3-6;1-2-3-4/h4H,2-3,5-6H2,1H3;1-2H2,(H,6,7)(H,8,9);2-3H2,1H3,(H,6,7);2,6H,1,3H2,(H,5,7);2H,1H2. The number of nitrogens with zero attached hydrogens (tertiary/aromatic N) is 1. The number of allylic oxidation sites excluding steroid dienone is 1. The first-order chi connectivity index (χ1) is 16.7. The lowest BCUT2D eigenvalue weighted by molar-refractivity contribution is -0.139. The summed E-state index contributed by atoms with van der Waals surface area (Å²) in [5, 5.41) is 41.7. The Morgan fingerprint density at radius 3 is 1.58 bits per heavy atom. The first-order valence-corrected chi connectivity index (χ1v) is 10.1. The van der Waals surface area contributed by atoms with Crippen molar-refractivity contribution in [3.05, 3.63) is 62.3 Å². The van der Waals surface area contributed by atoms with Crippen LogP contribution in [0.5, 0.6) is 0 Å². The number of nitrogens with one attached hydrogen (secondary N) is 1. The zero-order valence-corrected chi connectivity index (χ0v) is 20.7. The molecular weight excluding hydrogens is 476 g/mol. The Morgan fingerprint density at radius 2 is 1.42 bits per heavy atom. The summed E-state index contributed by atoms with van der Waals surface area (Å²) in [7, 11) is 0. The van der Waals surface area contributed by atoms with E-state index in [9.17, 15) is 24.0 Å². The number of unbranched alkanes of at least 4 members (excludes halogenated alkanes) is 1. The molecule has 1 amide bonds. The summed E-state index contributed by atoms with van der Waals surface area (Å²) in [5.74, 6) is -4.03. The van der Waals surface area contributed by atoms with Crippen molar-refractivity contribution >= 4 is 29.8 Å². The second-order valence-electron chi connectivity index (χ2n) is 5.70. The molecule has 0 radical (unpaired) electrons. The molecule has 12 heteroatoms. The van der Waals surface area contributed by atoms with Crippen molar-refractivity contribution in [1.29, 1.82) is 5.26 Å². The van der Waals surface area contributed by atoms with Gasteiger partial charge in [-0.15, -0.1) is 0 Å². The summed E-state index contributed by atoms with van der Waals surface area (Å²) < 4.78 is 4.67. The highest BCUT2D eigenvalue weighted by molar-refractivity contribution is 5.91. The Bertz CT molecular complexity index is 778. The molecule has 0 aliphatic heterocycles. The maximum atomic E-state index is 10.3. The number of carbonyl (C=O) groups is 5. The number of aliphatic hydroxyl groups excluding tert-OH is 1. The molecule has 0 spiro atoms. The molecule has 0 aromatic carbocycles. The smallest absolute Gasteiger partial charge is 0.331 e. The van der Waals surface area contributed by atoms with E-state index in [0.29, 0.717) is 13.0 Å². The van der Waals surface area contributed by atoms with Gasteiger partial charge in [0.2, 0.25) is 5.91 Å². The number of carboxylic acids is 3. The van der Waals surface area contributed by atoms with Gasteiger partial charge in [0.1, 0.15) is 6.73 Å². The molecule has 0 saturated carbocycles. The lowest BCUT2D eigenvalue weighted by atomic mass is 10.2. The van der Waals surface area contributed by atoms with Crippen molar-refractivity contribution in [1.82, 2.24) is 5.32 Å². The quantitative estimate of drug-likeness (QED) is 0.0892. The number of rotatable bonds is 11. The Morgan fingerprint density at radius 1 is 0.944 bits per heavy atom. The zero-order chi connectivity index (χ0) is 29.5. The molecule has 0 saturated heterocycles. The van der Waals surface area contributed by atoms with Gasteiger partial charge in [0, 0.05) is 23.3 Å². The highest BCUT2D eigenvalue weighted by atomic mass is 16.5. The van der Waals surface area contributed by atoms with Crippen LogP contribution in [0, 0.1) is 11.3 Å². The minimum absolute atomic E-state index is 0.264. The lowest BCUT2D eigenvalue weighted by Gasteiger charge is -1.97. The fourth-order valence-corrected chi connectivity index (χ4v) is 0.935. The number of esters is 1. The molecule has 202 valence electrons. The molecule has 0 heterocycles. The maximum Gasteiger partial charge on any atom is 0.331 e. The number of hydrogen-bond donors (Lipinski definition) is 5. The minimum Gasteiger partial charge on any atom is -0.481 e. The van der Waals surface area contributed by atoms with Gasteiger partial charge in [0.05, 0.1) is 19.1 Å². The van der Waals surface area contributed by atoms with E-state index in [1.54, 1.807) is 13.0 Å². The van der Waals surface area contributed by atoms with Crippen LogP contribution in [0.4, 0.5) is 0 Å². The fraction of sp³-hybridized carbons (Fsp3) is 0.333. The molecule has 0 atom stereocenters. The predicted molar refractivity (Wildman–Crippen MR) is 133 cm³/mol. The molecule has 12 nitrogen and oxygen atoms in total. The average molecular weight is 513 g/mol. The Hall–Kier alpha value is -4.50. The third kappa shape index (κ3) is 47.3. The van der Waals surface area contributed by atoms with Crippen molar-refractivity contribution in [3.8, 4) is 6.07 Å². The molecule has 36 heavy (non-hydrogen) atoms. The summed E-state index contributed by atoms with van der Waals surface area (Å²) in [6.07, 6.45) is 5.44. The van der Waals surface area contributed by atoms with Crippen molar-refractivity contribution in [2.24, 2.45) is 0 Å². The minimum atomic E-state index is -1.27. The first kappa shape index (κ1) is 41.7. The van der Waals surface area contributed by atoms with Crippen LogP contribution in [0.15, 0.2) is 62.3 Å². The highest BCUT2D eigenvalue weighted by Crippen LogP contribution is 1.95. The highest BCUT2D eigenvalue weighted by Gasteiger charge is 2.07. The van der Waals surface area contributed by atoms with Gasteiger partial charge < -0.3 is 30.5 Å². The van der Waals surface area contributed by atoms with Crippen molar-refractivity contribution in [2.45, 2.75) is 39.5 Å². The SMILES string of the molecule is C=C(CC(=O)O)C(=O)O.C=C(CC)C(=O)O.C=CC#N.C=CC(=O)NCO.C=CC(=O)OCCCC. The van der Waals surface area contributed by atoms with Crippen molar-refractivity contribution < 1.29 is 49.1 Å². The van der Waals surface area contributed by atoms with E-state index in [4.69, 9.17) is 25.7 Å². The number of aliphatic carboxylic acids is 3. The van der Waals surface area contributed by atoms with Gasteiger partial charge in [-0.3, -0.25) is 9.59 Å². The summed E-state index contributed by atoms with van der Waals surface area (Å²) in [6, 6.07) is 1.69. The lowest BCUT2D eigenvalue weighted by Crippen LogP contribution is -2.20. The predicted octanol–water partition coefficient (Wildman–Crippen LogP) is 2.59. The third-order valence-corrected chi connectivity index (χ3v) is 2.84. The fourth-order valence-electron chi connectivity index (χ4n) is 0.935. The zero-order valence-electron chi connectivity index (χ0n) is 20.7. The Balaban J connectivity index is -0.000000114. The number of nitriles is 1. The third-order valence-electron chi connectivity index (χ3n) is 2.84. The van der Waals surface area contributed by atoms with Crippen LogP contribution >= 0.6 is 0 Å². The van der Waals surface area contributed by atoms with Gasteiger partial charge in [-0.05, 0) is 18.9 Å². The summed E-state index contributed by atoms with van der Waals surface area (Å²) >= 11 is 0. The van der Waals surface area contributed by atoms with E-state index in [0.717, 1.165) is 18.9 Å².